The van der Waals surface area contributed by atoms with Gasteiger partial charge in [-0.15, -0.1) is 11.3 Å². The van der Waals surface area contributed by atoms with E-state index < -0.39 is 0 Å². The minimum Gasteiger partial charge on any atom is -0.381 e. The van der Waals surface area contributed by atoms with Crippen molar-refractivity contribution in [2.24, 2.45) is 0 Å². The first-order chi connectivity index (χ1) is 18.3. The second kappa shape index (κ2) is 9.52. The van der Waals surface area contributed by atoms with Gasteiger partial charge in [-0.1, -0.05) is 0 Å². The minimum absolute atomic E-state index is 0.0892. The van der Waals surface area contributed by atoms with Gasteiger partial charge >= 0.3 is 0 Å². The monoisotopic (exact) mass is 530 g/mol. The topological polar surface area (TPSA) is 114 Å². The number of H-pyrrole nitrogens is 2. The summed E-state index contributed by atoms with van der Waals surface area (Å²) < 4.78 is 0. The number of hydrogen-bond donors (Lipinski definition) is 3. The number of fused-ring (bicyclic) bond motifs is 3. The molecule has 3 aliphatic heterocycles. The Labute approximate surface area is 223 Å². The van der Waals surface area contributed by atoms with Crippen LogP contribution in [0.2, 0.25) is 0 Å². The van der Waals surface area contributed by atoms with Crippen LogP contribution in [0.4, 0.5) is 5.69 Å². The van der Waals surface area contributed by atoms with Crippen LogP contribution in [0.15, 0.2) is 40.6 Å². The predicted molar refractivity (Wildman–Crippen MR) is 149 cm³/mol. The number of imidazole rings is 1. The third kappa shape index (κ3) is 4.33. The predicted octanol–water partition coefficient (Wildman–Crippen LogP) is 4.02. The highest BCUT2D eigenvalue weighted by Gasteiger charge is 2.41. The molecule has 0 spiro atoms. The van der Waals surface area contributed by atoms with Gasteiger partial charge in [0, 0.05) is 49.2 Å². The van der Waals surface area contributed by atoms with Crippen molar-refractivity contribution in [1.29, 1.82) is 0 Å². The van der Waals surface area contributed by atoms with E-state index in [4.69, 9.17) is 0 Å². The van der Waals surface area contributed by atoms with Gasteiger partial charge in [-0.05, 0) is 62.4 Å². The first-order valence-corrected chi connectivity index (χ1v) is 13.9. The smallest absolute Gasteiger partial charge is 0.261 e. The molecule has 2 fully saturated rings. The lowest BCUT2D eigenvalue weighted by Gasteiger charge is -2.17. The van der Waals surface area contributed by atoms with Crippen molar-refractivity contribution >= 4 is 39.9 Å². The molecule has 0 radical (unpaired) electrons. The molecule has 38 heavy (non-hydrogen) atoms. The first kappa shape index (κ1) is 24.6. The fourth-order valence-corrected chi connectivity index (χ4v) is 6.18. The number of hydrogen-bond acceptors (Lipinski definition) is 7. The largest absolute Gasteiger partial charge is 0.381 e. The van der Waals surface area contributed by atoms with Crippen LogP contribution in [0.3, 0.4) is 0 Å². The number of carbonyl (C=O) groups is 2. The van der Waals surface area contributed by atoms with Gasteiger partial charge in [-0.25, -0.2) is 4.98 Å². The summed E-state index contributed by atoms with van der Waals surface area (Å²) in [5.41, 5.74) is 3.84. The Bertz CT molecular complexity index is 1550. The van der Waals surface area contributed by atoms with E-state index in [1.807, 2.05) is 6.07 Å². The number of aromatic nitrogens is 3. The molecule has 3 aliphatic rings. The lowest BCUT2D eigenvalue weighted by molar-refractivity contribution is 0.0663. The Hall–Kier alpha value is -3.76. The zero-order valence-corrected chi connectivity index (χ0v) is 22.4. The molecule has 3 aromatic heterocycles. The molecule has 7 rings (SSSR count). The molecule has 0 bridgehead atoms. The molecule has 0 saturated carbocycles. The molecular weight excluding hydrogens is 500 g/mol. The first-order valence-electron chi connectivity index (χ1n) is 13.0. The average Bonchev–Trinajstić information content (AvgIpc) is 3.20. The summed E-state index contributed by atoms with van der Waals surface area (Å²) in [6.07, 6.45) is 3.92. The zero-order valence-electron chi connectivity index (χ0n) is 21.6. The van der Waals surface area contributed by atoms with Gasteiger partial charge in [-0.3, -0.25) is 24.2 Å². The van der Waals surface area contributed by atoms with Crippen molar-refractivity contribution in [3.05, 3.63) is 67.8 Å². The van der Waals surface area contributed by atoms with Crippen molar-refractivity contribution in [3.8, 4) is 11.4 Å². The number of nitrogens with zero attached hydrogens (tertiary/aromatic N) is 3. The van der Waals surface area contributed by atoms with E-state index in [0.29, 0.717) is 45.8 Å². The SMILES string of the molecule is C1CN2CC12.CCN1C(=O)c2cc3nc(-c4c(N[C@@H](C)Cc5sccc5C)cc[nH]c4=O)[nH]c3cc2C1=O. The van der Waals surface area contributed by atoms with Crippen LogP contribution in [-0.2, 0) is 6.42 Å². The Morgan fingerprint density at radius 1 is 1.18 bits per heavy atom. The van der Waals surface area contributed by atoms with Gasteiger partial charge in [-0.2, -0.15) is 0 Å². The fraction of sp³-hybridized carbons (Fsp3) is 0.357. The molecule has 2 saturated heterocycles. The van der Waals surface area contributed by atoms with E-state index in [-0.39, 0.29) is 23.4 Å². The Kier molecular flexibility index (Phi) is 6.16. The number of carbonyl (C=O) groups excluding carboxylic acids is 2. The maximum absolute atomic E-state index is 12.8. The van der Waals surface area contributed by atoms with Crippen LogP contribution >= 0.6 is 11.3 Å². The molecular formula is C28H30N6O3S. The lowest BCUT2D eigenvalue weighted by Crippen LogP contribution is -2.29. The molecule has 9 nitrogen and oxygen atoms in total. The van der Waals surface area contributed by atoms with Crippen LogP contribution in [0.25, 0.3) is 22.4 Å². The van der Waals surface area contributed by atoms with Crippen LogP contribution in [0, 0.1) is 6.92 Å². The molecule has 0 aliphatic carbocycles. The number of anilines is 1. The number of nitrogens with one attached hydrogen (secondary N) is 3. The molecule has 3 atom stereocenters. The van der Waals surface area contributed by atoms with Crippen LogP contribution in [0.5, 0.6) is 0 Å². The van der Waals surface area contributed by atoms with E-state index in [1.165, 1.54) is 34.9 Å². The van der Waals surface area contributed by atoms with Gasteiger partial charge in [0.25, 0.3) is 17.4 Å². The van der Waals surface area contributed by atoms with Gasteiger partial charge in [0.05, 0.1) is 27.8 Å². The quantitative estimate of drug-likeness (QED) is 0.256. The number of aryl methyl sites for hydroxylation is 1. The maximum Gasteiger partial charge on any atom is 0.261 e. The number of aromatic amines is 2. The number of rotatable bonds is 6. The third-order valence-corrected chi connectivity index (χ3v) is 8.57. The lowest BCUT2D eigenvalue weighted by atomic mass is 10.1. The summed E-state index contributed by atoms with van der Waals surface area (Å²) in [5.74, 6) is -0.250. The highest BCUT2D eigenvalue weighted by molar-refractivity contribution is 7.10. The number of imide groups is 1. The molecule has 196 valence electrons. The van der Waals surface area contributed by atoms with Gasteiger partial charge < -0.3 is 15.3 Å². The molecule has 2 unspecified atom stereocenters. The molecule has 1 aromatic carbocycles. The number of benzene rings is 1. The molecule has 2 amide bonds. The van der Waals surface area contributed by atoms with Crippen LogP contribution in [0.1, 0.15) is 51.4 Å². The van der Waals surface area contributed by atoms with E-state index >= 15 is 0 Å². The van der Waals surface area contributed by atoms with Gasteiger partial charge in [0.2, 0.25) is 0 Å². The van der Waals surface area contributed by atoms with Crippen LogP contribution in [-0.4, -0.2) is 68.3 Å². The second-order valence-corrected chi connectivity index (χ2v) is 11.2. The highest BCUT2D eigenvalue weighted by Crippen LogP contribution is 2.31. The summed E-state index contributed by atoms with van der Waals surface area (Å²) in [4.78, 5) is 53.3. The normalized spacial score (nSPS) is 19.9. The molecule has 4 aromatic rings. The van der Waals surface area contributed by atoms with Crippen molar-refractivity contribution in [2.75, 3.05) is 25.0 Å². The van der Waals surface area contributed by atoms with E-state index in [2.05, 4.69) is 50.5 Å². The van der Waals surface area contributed by atoms with Crippen molar-refractivity contribution in [2.45, 2.75) is 45.7 Å². The summed E-state index contributed by atoms with van der Waals surface area (Å²) in [6.45, 7) is 9.06. The summed E-state index contributed by atoms with van der Waals surface area (Å²) in [6, 6.07) is 8.33. The standard InChI is InChI=1S/C24H23N5O3S.C4H7N/c1-4-29-23(31)14-10-17-18(11-15(14)24(29)32)28-21(27-17)20-16(5-7-25-22(20)30)26-13(3)9-19-12(2)6-8-33-19;1-2-5-3-4(1)5/h5-8,10-11,13H,4,9H2,1-3H3,(H,27,28)(H2,25,26,30);4H,1-3H2/t13-;/m0./s1. The highest BCUT2D eigenvalue weighted by atomic mass is 32.1. The zero-order chi connectivity index (χ0) is 26.6. The Balaban J connectivity index is 0.000000466. The summed E-state index contributed by atoms with van der Waals surface area (Å²) in [7, 11) is 0. The summed E-state index contributed by atoms with van der Waals surface area (Å²) >= 11 is 1.72. The van der Waals surface area contributed by atoms with E-state index in [9.17, 15) is 14.4 Å². The molecule has 10 heteroatoms. The van der Waals surface area contributed by atoms with E-state index in [0.717, 1.165) is 12.5 Å². The second-order valence-electron chi connectivity index (χ2n) is 10.2. The number of amides is 2. The average molecular weight is 531 g/mol. The Morgan fingerprint density at radius 2 is 1.95 bits per heavy atom. The van der Waals surface area contributed by atoms with Gasteiger partial charge in [0.1, 0.15) is 11.4 Å². The number of thiophene rings is 1. The van der Waals surface area contributed by atoms with Crippen molar-refractivity contribution < 1.29 is 9.59 Å². The van der Waals surface area contributed by atoms with Crippen molar-refractivity contribution in [1.82, 2.24) is 24.8 Å². The molecule has 3 N–H and O–H groups in total. The van der Waals surface area contributed by atoms with Crippen molar-refractivity contribution in [3.63, 3.8) is 0 Å². The molecule has 6 heterocycles. The minimum atomic E-state index is -0.318. The fourth-order valence-electron chi connectivity index (χ4n) is 5.14. The van der Waals surface area contributed by atoms with E-state index in [1.54, 1.807) is 36.6 Å². The van der Waals surface area contributed by atoms with Gasteiger partial charge in [0.15, 0.2) is 0 Å². The Morgan fingerprint density at radius 3 is 2.55 bits per heavy atom. The maximum atomic E-state index is 12.8. The van der Waals surface area contributed by atoms with Crippen LogP contribution < -0.4 is 10.9 Å². The summed E-state index contributed by atoms with van der Waals surface area (Å²) in [5, 5.41) is 5.52. The third-order valence-electron chi connectivity index (χ3n) is 7.53. The number of pyridine rings is 1.